The predicted molar refractivity (Wildman–Crippen MR) is 46.7 cm³/mol. The molecule has 8 heteroatoms. The van der Waals surface area contributed by atoms with Crippen molar-refractivity contribution < 1.29 is 38.5 Å². The van der Waals surface area contributed by atoms with E-state index in [4.69, 9.17) is 4.55 Å². The molecule has 3 nitrogen and oxygen atoms in total. The Bertz CT molecular complexity index is 456. The highest BCUT2D eigenvalue weighted by molar-refractivity contribution is 7.85. The van der Waals surface area contributed by atoms with Crippen molar-refractivity contribution in [2.45, 2.75) is 11.9 Å². The molecular weight excluding hydrogens is 269 g/mol. The van der Waals surface area contributed by atoms with Gasteiger partial charge in [-0.3, -0.25) is 4.55 Å². The molecule has 0 aliphatic carbocycles. The molecule has 0 amide bonds. The molecule has 0 radical (unpaired) electrons. The van der Waals surface area contributed by atoms with Gasteiger partial charge in [-0.25, -0.2) is 0 Å². The van der Waals surface area contributed by atoms with Crippen LogP contribution < -0.4 is 12.4 Å². The van der Waals surface area contributed by atoms with Crippen LogP contribution in [0.3, 0.4) is 0 Å². The normalized spacial score (nSPS) is 12.0. The number of halogens is 4. The molecule has 0 unspecified atom stereocenters. The van der Waals surface area contributed by atoms with Gasteiger partial charge in [0.15, 0.2) is 0 Å². The average molecular weight is 276 g/mol. The van der Waals surface area contributed by atoms with E-state index < -0.39 is 27.6 Å². The minimum atomic E-state index is -4.52. The summed E-state index contributed by atoms with van der Waals surface area (Å²) >= 11 is 0. The third-order valence-corrected chi connectivity index (χ3v) is 2.30. The first-order valence-corrected chi connectivity index (χ1v) is 5.41. The molecule has 92 valence electrons. The van der Waals surface area contributed by atoms with E-state index in [1.54, 1.807) is 0 Å². The maximum atomic E-state index is 12.2. The molecule has 0 fully saturated rings. The lowest BCUT2D eigenvalue weighted by molar-refractivity contribution is -0.137. The molecule has 0 saturated carbocycles. The van der Waals surface area contributed by atoms with Crippen molar-refractivity contribution in [2.24, 2.45) is 0 Å². The standard InChI is InChI=1S/C8H7F3O3S.ClH/c9-8(10,11)7-3-1-2-6(4-7)5-15(12,13)14;/h1-4H,5H2,(H,12,13,14);1H/p-1. The van der Waals surface area contributed by atoms with Gasteiger partial charge in [0.05, 0.1) is 5.56 Å². The Morgan fingerprint density at radius 3 is 2.25 bits per heavy atom. The lowest BCUT2D eigenvalue weighted by Gasteiger charge is -2.07. The van der Waals surface area contributed by atoms with Gasteiger partial charge in [-0.2, -0.15) is 21.6 Å². The molecule has 0 atom stereocenters. The van der Waals surface area contributed by atoms with Crippen LogP contribution in [0.25, 0.3) is 0 Å². The molecule has 0 bridgehead atoms. The molecule has 0 spiro atoms. The van der Waals surface area contributed by atoms with Gasteiger partial charge in [-0.1, -0.05) is 18.2 Å². The Hall–Kier alpha value is -0.790. The van der Waals surface area contributed by atoms with Gasteiger partial charge in [0.25, 0.3) is 10.1 Å². The van der Waals surface area contributed by atoms with Gasteiger partial charge >= 0.3 is 6.18 Å². The van der Waals surface area contributed by atoms with Crippen molar-refractivity contribution in [3.63, 3.8) is 0 Å². The highest BCUT2D eigenvalue weighted by Crippen LogP contribution is 2.29. The van der Waals surface area contributed by atoms with Crippen molar-refractivity contribution in [3.8, 4) is 0 Å². The van der Waals surface area contributed by atoms with Gasteiger partial charge in [0.2, 0.25) is 0 Å². The van der Waals surface area contributed by atoms with Gasteiger partial charge in [0.1, 0.15) is 5.75 Å². The van der Waals surface area contributed by atoms with Crippen LogP contribution in [0.4, 0.5) is 13.2 Å². The van der Waals surface area contributed by atoms with E-state index in [1.807, 2.05) is 0 Å². The molecule has 0 saturated heterocycles. The summed E-state index contributed by atoms with van der Waals surface area (Å²) in [6.07, 6.45) is -4.52. The van der Waals surface area contributed by atoms with Crippen molar-refractivity contribution in [2.75, 3.05) is 0 Å². The van der Waals surface area contributed by atoms with Gasteiger partial charge in [0, 0.05) is 0 Å². The molecular formula is C8H7ClF3O3S-. The summed E-state index contributed by atoms with van der Waals surface area (Å²) in [6, 6.07) is 3.80. The second-order valence-electron chi connectivity index (χ2n) is 2.92. The second-order valence-corrected chi connectivity index (χ2v) is 4.38. The van der Waals surface area contributed by atoms with Crippen molar-refractivity contribution >= 4 is 10.1 Å². The summed E-state index contributed by atoms with van der Waals surface area (Å²) < 4.78 is 65.9. The number of rotatable bonds is 2. The molecule has 1 aromatic rings. The second kappa shape index (κ2) is 5.03. The van der Waals surface area contributed by atoms with Crippen LogP contribution in [-0.2, 0) is 22.0 Å². The van der Waals surface area contributed by atoms with E-state index in [1.165, 1.54) is 6.07 Å². The molecule has 16 heavy (non-hydrogen) atoms. The number of benzene rings is 1. The summed E-state index contributed by atoms with van der Waals surface area (Å²) in [5, 5.41) is 0. The van der Waals surface area contributed by atoms with Crippen LogP contribution in [0, 0.1) is 0 Å². The Morgan fingerprint density at radius 2 is 1.81 bits per heavy atom. The van der Waals surface area contributed by atoms with E-state index in [2.05, 4.69) is 0 Å². The van der Waals surface area contributed by atoms with Gasteiger partial charge in [-0.15, -0.1) is 0 Å². The van der Waals surface area contributed by atoms with Gasteiger partial charge in [-0.05, 0) is 11.6 Å². The third kappa shape index (κ3) is 4.82. The molecule has 1 aromatic carbocycles. The Kier molecular flexibility index (Phi) is 4.78. The topological polar surface area (TPSA) is 54.4 Å². The summed E-state index contributed by atoms with van der Waals surface area (Å²) in [7, 11) is -4.31. The van der Waals surface area contributed by atoms with Crippen LogP contribution >= 0.6 is 0 Å². The predicted octanol–water partition coefficient (Wildman–Crippen LogP) is -0.903. The maximum Gasteiger partial charge on any atom is 0.416 e. The Labute approximate surface area is 96.4 Å². The minimum Gasteiger partial charge on any atom is -1.00 e. The van der Waals surface area contributed by atoms with Gasteiger partial charge < -0.3 is 12.4 Å². The first-order valence-electron chi connectivity index (χ1n) is 3.80. The number of hydrogen-bond acceptors (Lipinski definition) is 2. The quantitative estimate of drug-likeness (QED) is 0.712. The van der Waals surface area contributed by atoms with E-state index in [0.717, 1.165) is 12.1 Å². The summed E-state index contributed by atoms with van der Waals surface area (Å²) in [5.41, 5.74) is -1.05. The van der Waals surface area contributed by atoms with E-state index in [-0.39, 0.29) is 18.0 Å². The molecule has 0 aliphatic rings. The van der Waals surface area contributed by atoms with Crippen LogP contribution in [0.15, 0.2) is 24.3 Å². The monoisotopic (exact) mass is 275 g/mol. The summed E-state index contributed by atoms with van der Waals surface area (Å²) in [5.74, 6) is -0.822. The minimum absolute atomic E-state index is 0. The molecule has 0 aliphatic heterocycles. The van der Waals surface area contributed by atoms with Crippen LogP contribution in [0.5, 0.6) is 0 Å². The zero-order valence-electron chi connectivity index (χ0n) is 7.70. The summed E-state index contributed by atoms with van der Waals surface area (Å²) in [6.45, 7) is 0. The third-order valence-electron chi connectivity index (χ3n) is 1.60. The van der Waals surface area contributed by atoms with E-state index in [9.17, 15) is 21.6 Å². The van der Waals surface area contributed by atoms with Crippen molar-refractivity contribution in [3.05, 3.63) is 35.4 Å². The lowest BCUT2D eigenvalue weighted by Crippen LogP contribution is -3.00. The van der Waals surface area contributed by atoms with Crippen molar-refractivity contribution in [1.29, 1.82) is 0 Å². The smallest absolute Gasteiger partial charge is 0.416 e. The van der Waals surface area contributed by atoms with Crippen LogP contribution in [0.2, 0.25) is 0 Å². The molecule has 1 N–H and O–H groups in total. The Balaban J connectivity index is 0.00000225. The largest absolute Gasteiger partial charge is 1.00 e. The SMILES string of the molecule is O=S(=O)(O)Cc1cccc(C(F)(F)F)c1.[Cl-]. The fraction of sp³-hybridized carbons (Fsp3) is 0.250. The zero-order valence-corrected chi connectivity index (χ0v) is 9.27. The van der Waals surface area contributed by atoms with Crippen molar-refractivity contribution in [1.82, 2.24) is 0 Å². The first-order chi connectivity index (χ1) is 6.68. The summed E-state index contributed by atoms with van der Waals surface area (Å²) in [4.78, 5) is 0. The van der Waals surface area contributed by atoms with E-state index in [0.29, 0.717) is 6.07 Å². The van der Waals surface area contributed by atoms with Crippen LogP contribution in [-0.4, -0.2) is 13.0 Å². The zero-order chi connectivity index (χ0) is 11.7. The molecule has 1 rings (SSSR count). The lowest BCUT2D eigenvalue weighted by atomic mass is 10.1. The molecule has 0 heterocycles. The number of hydrogen-bond donors (Lipinski definition) is 1. The highest BCUT2D eigenvalue weighted by atomic mass is 35.5. The average Bonchev–Trinajstić information content (AvgIpc) is 1.99. The maximum absolute atomic E-state index is 12.2. The Morgan fingerprint density at radius 1 is 1.25 bits per heavy atom. The highest BCUT2D eigenvalue weighted by Gasteiger charge is 2.30. The fourth-order valence-corrected chi connectivity index (χ4v) is 1.65. The first kappa shape index (κ1) is 15.2. The van der Waals surface area contributed by atoms with E-state index >= 15 is 0 Å². The fourth-order valence-electron chi connectivity index (χ4n) is 1.05. The number of alkyl halides is 3. The van der Waals surface area contributed by atoms with Crippen LogP contribution in [0.1, 0.15) is 11.1 Å². The molecule has 0 aromatic heterocycles.